The monoisotopic (exact) mass is 483 g/mol. The fraction of sp³-hybridized carbons (Fsp3) is 0.348. The van der Waals surface area contributed by atoms with Crippen LogP contribution < -0.4 is 16.0 Å². The van der Waals surface area contributed by atoms with Crippen molar-refractivity contribution < 1.29 is 33.5 Å². The second-order valence-corrected chi connectivity index (χ2v) is 7.70. The number of likely N-dealkylation sites (tertiary alicyclic amines) is 1. The molecule has 4 amide bonds. The molecule has 3 rings (SSSR count). The molecule has 12 nitrogen and oxygen atoms in total. The van der Waals surface area contributed by atoms with Crippen LogP contribution >= 0.6 is 0 Å². The summed E-state index contributed by atoms with van der Waals surface area (Å²) in [6.45, 7) is -0.976. The Morgan fingerprint density at radius 3 is 2.54 bits per heavy atom. The summed E-state index contributed by atoms with van der Waals surface area (Å²) in [6, 6.07) is 7.67. The van der Waals surface area contributed by atoms with Gasteiger partial charge in [0.2, 0.25) is 17.6 Å². The molecule has 1 saturated heterocycles. The van der Waals surface area contributed by atoms with Crippen molar-refractivity contribution in [3.63, 3.8) is 0 Å². The lowest BCUT2D eigenvalue weighted by Crippen LogP contribution is -2.50. The van der Waals surface area contributed by atoms with Gasteiger partial charge in [0, 0.05) is 18.1 Å². The molecular formula is C23H25N5O7. The SMILES string of the molecule is COC(=O)CNC(=O)CNC(=O)C(=O)C1CCCN1C(=O)CNC(=O)c1ccnc2ccccc12. The summed E-state index contributed by atoms with van der Waals surface area (Å²) in [7, 11) is 1.16. The van der Waals surface area contributed by atoms with Crippen LogP contribution in [0.1, 0.15) is 23.2 Å². The van der Waals surface area contributed by atoms with E-state index in [0.717, 1.165) is 7.11 Å². The van der Waals surface area contributed by atoms with Gasteiger partial charge in [0.05, 0.1) is 31.3 Å². The first-order chi connectivity index (χ1) is 16.8. The van der Waals surface area contributed by atoms with Crippen LogP contribution in [0.4, 0.5) is 0 Å². The van der Waals surface area contributed by atoms with Gasteiger partial charge < -0.3 is 25.6 Å². The van der Waals surface area contributed by atoms with E-state index in [1.54, 1.807) is 30.3 Å². The van der Waals surface area contributed by atoms with Gasteiger partial charge in [-0.1, -0.05) is 18.2 Å². The molecule has 1 aliphatic rings. The summed E-state index contributed by atoms with van der Waals surface area (Å²) in [5.74, 6) is -4.18. The number of Topliss-reactive ketones (excluding diaryl/α,β-unsaturated/α-hetero) is 1. The lowest BCUT2D eigenvalue weighted by Gasteiger charge is -2.23. The molecule has 0 radical (unpaired) electrons. The number of hydrogen-bond donors (Lipinski definition) is 3. The number of carbonyl (C=O) groups excluding carboxylic acids is 6. The van der Waals surface area contributed by atoms with Crippen LogP contribution in [0.15, 0.2) is 36.5 Å². The number of methoxy groups -OCH3 is 1. The number of nitrogens with zero attached hydrogens (tertiary/aromatic N) is 2. The van der Waals surface area contributed by atoms with E-state index in [-0.39, 0.29) is 26.1 Å². The average molecular weight is 483 g/mol. The van der Waals surface area contributed by atoms with Crippen LogP contribution in [0.25, 0.3) is 10.9 Å². The summed E-state index contributed by atoms with van der Waals surface area (Å²) in [5.41, 5.74) is 1.00. The van der Waals surface area contributed by atoms with Crippen LogP contribution in [0.2, 0.25) is 0 Å². The van der Waals surface area contributed by atoms with Gasteiger partial charge in [-0.25, -0.2) is 0 Å². The molecule has 0 bridgehead atoms. The van der Waals surface area contributed by atoms with Gasteiger partial charge in [0.25, 0.3) is 11.8 Å². The number of fused-ring (bicyclic) bond motifs is 1. The van der Waals surface area contributed by atoms with Gasteiger partial charge >= 0.3 is 5.97 Å². The molecule has 184 valence electrons. The Balaban J connectivity index is 1.52. The van der Waals surface area contributed by atoms with Gasteiger partial charge in [-0.3, -0.25) is 33.8 Å². The predicted octanol–water partition coefficient (Wildman–Crippen LogP) is -1.07. The molecule has 0 aliphatic carbocycles. The number of carbonyl (C=O) groups is 6. The molecule has 35 heavy (non-hydrogen) atoms. The lowest BCUT2D eigenvalue weighted by molar-refractivity contribution is -0.144. The Morgan fingerprint density at radius 1 is 1.00 bits per heavy atom. The van der Waals surface area contributed by atoms with Gasteiger partial charge in [0.15, 0.2) is 0 Å². The minimum atomic E-state index is -1.02. The Labute approximate surface area is 200 Å². The summed E-state index contributed by atoms with van der Waals surface area (Å²) < 4.78 is 4.38. The molecule has 2 heterocycles. The van der Waals surface area contributed by atoms with E-state index in [4.69, 9.17) is 0 Å². The third kappa shape index (κ3) is 6.37. The number of esters is 1. The van der Waals surface area contributed by atoms with Crippen LogP contribution in [-0.2, 0) is 28.7 Å². The third-order valence-electron chi connectivity index (χ3n) is 5.46. The number of ether oxygens (including phenoxy) is 1. The number of para-hydroxylation sites is 1. The standard InChI is InChI=1S/C23H25N5O7/c1-35-20(31)13-25-18(29)11-26-23(34)21(32)17-7-4-10-28(17)19(30)12-27-22(33)15-8-9-24-16-6-3-2-5-14(15)16/h2-3,5-6,8-9,17H,4,7,10-13H2,1H3,(H,25,29)(H,26,34)(H,27,33). The van der Waals surface area contributed by atoms with Gasteiger partial charge in [-0.05, 0) is 25.0 Å². The fourth-order valence-corrected chi connectivity index (χ4v) is 3.69. The molecule has 1 aromatic carbocycles. The number of rotatable bonds is 9. The maximum absolute atomic E-state index is 12.7. The van der Waals surface area contributed by atoms with E-state index < -0.39 is 48.0 Å². The van der Waals surface area contributed by atoms with Crippen molar-refractivity contribution in [2.24, 2.45) is 0 Å². The number of amides is 4. The number of benzene rings is 1. The zero-order valence-corrected chi connectivity index (χ0v) is 19.0. The first-order valence-corrected chi connectivity index (χ1v) is 10.9. The first kappa shape index (κ1) is 25.3. The van der Waals surface area contributed by atoms with E-state index >= 15 is 0 Å². The zero-order valence-electron chi connectivity index (χ0n) is 19.0. The smallest absolute Gasteiger partial charge is 0.325 e. The summed E-state index contributed by atoms with van der Waals surface area (Å²) in [6.07, 6.45) is 2.30. The molecule has 1 fully saturated rings. The van der Waals surface area contributed by atoms with E-state index in [1.165, 1.54) is 11.1 Å². The van der Waals surface area contributed by atoms with Crippen LogP contribution in [0.3, 0.4) is 0 Å². The quantitative estimate of drug-likeness (QED) is 0.300. The predicted molar refractivity (Wildman–Crippen MR) is 122 cm³/mol. The number of hydrogen-bond acceptors (Lipinski definition) is 8. The van der Waals surface area contributed by atoms with Crippen LogP contribution in [0, 0.1) is 0 Å². The highest BCUT2D eigenvalue weighted by molar-refractivity contribution is 6.38. The largest absolute Gasteiger partial charge is 0.468 e. The Hall–Kier alpha value is -4.35. The molecule has 0 spiro atoms. The molecule has 1 atom stereocenters. The van der Waals surface area contributed by atoms with Gasteiger partial charge in [0.1, 0.15) is 12.6 Å². The lowest BCUT2D eigenvalue weighted by atomic mass is 10.1. The van der Waals surface area contributed by atoms with Crippen molar-refractivity contribution in [2.45, 2.75) is 18.9 Å². The minimum absolute atomic E-state index is 0.260. The maximum Gasteiger partial charge on any atom is 0.325 e. The Bertz CT molecular complexity index is 1160. The van der Waals surface area contributed by atoms with Crippen molar-refractivity contribution in [2.75, 3.05) is 33.3 Å². The number of ketones is 1. The Kier molecular flexibility index (Phi) is 8.43. The molecule has 3 N–H and O–H groups in total. The molecule has 1 unspecified atom stereocenters. The summed E-state index contributed by atoms with van der Waals surface area (Å²) in [5, 5.41) is 7.61. The molecule has 12 heteroatoms. The molecule has 2 aromatic rings. The highest BCUT2D eigenvalue weighted by Crippen LogP contribution is 2.19. The minimum Gasteiger partial charge on any atom is -0.468 e. The van der Waals surface area contributed by atoms with Gasteiger partial charge in [-0.15, -0.1) is 0 Å². The van der Waals surface area contributed by atoms with Gasteiger partial charge in [-0.2, -0.15) is 0 Å². The molecular weight excluding hydrogens is 458 g/mol. The van der Waals surface area contributed by atoms with E-state index in [0.29, 0.717) is 22.9 Å². The molecule has 1 aliphatic heterocycles. The summed E-state index contributed by atoms with van der Waals surface area (Å²) >= 11 is 0. The second-order valence-electron chi connectivity index (χ2n) is 7.70. The maximum atomic E-state index is 12.7. The highest BCUT2D eigenvalue weighted by Gasteiger charge is 2.37. The van der Waals surface area contributed by atoms with Crippen molar-refractivity contribution in [3.05, 3.63) is 42.1 Å². The van der Waals surface area contributed by atoms with Crippen molar-refractivity contribution in [1.82, 2.24) is 25.8 Å². The zero-order chi connectivity index (χ0) is 25.4. The topological polar surface area (TPSA) is 164 Å². The van der Waals surface area contributed by atoms with E-state index in [1.807, 2.05) is 0 Å². The second kappa shape index (κ2) is 11.7. The van der Waals surface area contributed by atoms with Crippen LogP contribution in [-0.4, -0.2) is 84.6 Å². The molecule has 1 aromatic heterocycles. The number of nitrogens with one attached hydrogen (secondary N) is 3. The third-order valence-corrected chi connectivity index (χ3v) is 5.46. The average Bonchev–Trinajstić information content (AvgIpc) is 3.38. The van der Waals surface area contributed by atoms with E-state index in [9.17, 15) is 28.8 Å². The fourth-order valence-electron chi connectivity index (χ4n) is 3.69. The number of aromatic nitrogens is 1. The van der Waals surface area contributed by atoms with Crippen molar-refractivity contribution in [3.8, 4) is 0 Å². The van der Waals surface area contributed by atoms with Crippen LogP contribution in [0.5, 0.6) is 0 Å². The summed E-state index contributed by atoms with van der Waals surface area (Å²) in [4.78, 5) is 78.4. The normalized spacial score (nSPS) is 14.8. The van der Waals surface area contributed by atoms with Crippen molar-refractivity contribution in [1.29, 1.82) is 0 Å². The molecule has 0 saturated carbocycles. The first-order valence-electron chi connectivity index (χ1n) is 10.9. The Morgan fingerprint density at radius 2 is 1.77 bits per heavy atom. The van der Waals surface area contributed by atoms with E-state index in [2.05, 4.69) is 25.7 Å². The van der Waals surface area contributed by atoms with Crippen molar-refractivity contribution >= 4 is 46.3 Å². The highest BCUT2D eigenvalue weighted by atomic mass is 16.5. The number of pyridine rings is 1.